The van der Waals surface area contributed by atoms with Crippen LogP contribution in [0.25, 0.3) is 22.1 Å². The van der Waals surface area contributed by atoms with Crippen molar-refractivity contribution >= 4 is 21.1 Å². The normalized spacial score (nSPS) is 11.5. The lowest BCUT2D eigenvalue weighted by Crippen LogP contribution is -2.10. The van der Waals surface area contributed by atoms with Crippen LogP contribution in [0.3, 0.4) is 0 Å². The molecule has 0 atom stereocenters. The molecule has 1 heterocycles. The Labute approximate surface area is 168 Å². The topological polar surface area (TPSA) is 73.6 Å². The zero-order valence-electron chi connectivity index (χ0n) is 15.9. The second-order valence-corrected chi connectivity index (χ2v) is 8.41. The number of benzene rings is 3. The minimum atomic E-state index is -3.98. The Balaban J connectivity index is 1.72. The lowest BCUT2D eigenvalue weighted by Gasteiger charge is -2.09. The minimum absolute atomic E-state index is 0.0641. The number of fused-ring (bicyclic) bond motifs is 1. The van der Waals surface area contributed by atoms with Crippen LogP contribution in [-0.4, -0.2) is 8.42 Å². The van der Waals surface area contributed by atoms with Crippen molar-refractivity contribution < 1.29 is 17.0 Å². The molecule has 0 N–H and O–H groups in total. The summed E-state index contributed by atoms with van der Waals surface area (Å²) in [6, 6.07) is 20.1. The van der Waals surface area contributed by atoms with Crippen LogP contribution < -0.4 is 9.81 Å². The largest absolute Gasteiger partial charge is 0.422 e. The highest BCUT2D eigenvalue weighted by molar-refractivity contribution is 7.87. The van der Waals surface area contributed by atoms with Gasteiger partial charge < -0.3 is 8.60 Å². The van der Waals surface area contributed by atoms with Gasteiger partial charge in [0.1, 0.15) is 16.2 Å². The van der Waals surface area contributed by atoms with Crippen LogP contribution >= 0.6 is 0 Å². The monoisotopic (exact) mass is 406 g/mol. The van der Waals surface area contributed by atoms with E-state index in [1.54, 1.807) is 36.4 Å². The third kappa shape index (κ3) is 3.93. The van der Waals surface area contributed by atoms with E-state index in [9.17, 15) is 13.2 Å². The standard InChI is InChI=1S/C23H18O5S/c1-15-6-9-20(10-7-15)29(25,26)28-19-5-3-4-17(13-19)21-14-18-12-16(2)8-11-22(18)27-23(21)24/h3-14H,1-2H3. The van der Waals surface area contributed by atoms with E-state index < -0.39 is 15.7 Å². The second-order valence-electron chi connectivity index (χ2n) is 6.87. The van der Waals surface area contributed by atoms with Gasteiger partial charge in [0.05, 0.1) is 5.56 Å². The van der Waals surface area contributed by atoms with E-state index in [-0.39, 0.29) is 10.6 Å². The van der Waals surface area contributed by atoms with Crippen LogP contribution in [-0.2, 0) is 10.1 Å². The third-order valence-corrected chi connectivity index (χ3v) is 5.81. The van der Waals surface area contributed by atoms with Gasteiger partial charge in [0.2, 0.25) is 0 Å². The van der Waals surface area contributed by atoms with E-state index in [4.69, 9.17) is 8.60 Å². The first kappa shape index (κ1) is 19.0. The molecule has 0 radical (unpaired) electrons. The summed E-state index contributed by atoms with van der Waals surface area (Å²) in [5.74, 6) is 0.117. The van der Waals surface area contributed by atoms with Crippen molar-refractivity contribution in [3.63, 3.8) is 0 Å². The summed E-state index contributed by atoms with van der Waals surface area (Å²) >= 11 is 0. The van der Waals surface area contributed by atoms with Crippen LogP contribution in [0.1, 0.15) is 11.1 Å². The molecular weight excluding hydrogens is 388 g/mol. The lowest BCUT2D eigenvalue weighted by molar-refractivity contribution is 0.486. The molecule has 0 spiro atoms. The highest BCUT2D eigenvalue weighted by Crippen LogP contribution is 2.27. The van der Waals surface area contributed by atoms with Gasteiger partial charge in [-0.05, 0) is 61.9 Å². The van der Waals surface area contributed by atoms with Gasteiger partial charge >= 0.3 is 15.7 Å². The quantitative estimate of drug-likeness (QED) is 0.358. The molecule has 6 heteroatoms. The summed E-state index contributed by atoms with van der Waals surface area (Å²) in [4.78, 5) is 12.5. The van der Waals surface area contributed by atoms with E-state index >= 15 is 0 Å². The maximum Gasteiger partial charge on any atom is 0.344 e. The average Bonchev–Trinajstić information content (AvgIpc) is 2.68. The number of hydrogen-bond donors (Lipinski definition) is 0. The maximum atomic E-state index is 12.5. The van der Waals surface area contributed by atoms with Crippen LogP contribution in [0.15, 0.2) is 86.9 Å². The van der Waals surface area contributed by atoms with Gasteiger partial charge in [0, 0.05) is 5.39 Å². The molecule has 146 valence electrons. The predicted octanol–water partition coefficient (Wildman–Crippen LogP) is 4.84. The van der Waals surface area contributed by atoms with E-state index in [0.29, 0.717) is 16.7 Å². The van der Waals surface area contributed by atoms with Gasteiger partial charge in [-0.1, -0.05) is 41.5 Å². The van der Waals surface area contributed by atoms with Crippen molar-refractivity contribution in [3.8, 4) is 16.9 Å². The second kappa shape index (κ2) is 7.22. The minimum Gasteiger partial charge on any atom is -0.422 e. The number of aryl methyl sites for hydroxylation is 2. The van der Waals surface area contributed by atoms with Gasteiger partial charge in [-0.2, -0.15) is 8.42 Å². The van der Waals surface area contributed by atoms with Crippen molar-refractivity contribution in [1.82, 2.24) is 0 Å². The fourth-order valence-corrected chi connectivity index (χ4v) is 3.96. The third-order valence-electron chi connectivity index (χ3n) is 4.55. The molecule has 0 aliphatic heterocycles. The summed E-state index contributed by atoms with van der Waals surface area (Å²) < 4.78 is 35.8. The first-order chi connectivity index (χ1) is 13.8. The predicted molar refractivity (Wildman–Crippen MR) is 112 cm³/mol. The average molecular weight is 406 g/mol. The zero-order valence-corrected chi connectivity index (χ0v) is 16.7. The molecular formula is C23H18O5S. The van der Waals surface area contributed by atoms with Crippen LogP contribution in [0.5, 0.6) is 5.75 Å². The lowest BCUT2D eigenvalue weighted by atomic mass is 10.0. The molecule has 5 nitrogen and oxygen atoms in total. The molecule has 0 unspecified atom stereocenters. The fourth-order valence-electron chi connectivity index (χ4n) is 3.04. The van der Waals surface area contributed by atoms with Crippen LogP contribution in [0.2, 0.25) is 0 Å². The van der Waals surface area contributed by atoms with Gasteiger partial charge in [0.15, 0.2) is 0 Å². The van der Waals surface area contributed by atoms with Crippen molar-refractivity contribution in [3.05, 3.63) is 94.3 Å². The van der Waals surface area contributed by atoms with Gasteiger partial charge in [-0.25, -0.2) is 4.79 Å². The van der Waals surface area contributed by atoms with E-state index in [1.165, 1.54) is 24.3 Å². The Morgan fingerprint density at radius 1 is 0.828 bits per heavy atom. The fraction of sp³-hybridized carbons (Fsp3) is 0.0870. The molecule has 0 saturated heterocycles. The Morgan fingerprint density at radius 2 is 1.55 bits per heavy atom. The summed E-state index contributed by atoms with van der Waals surface area (Å²) in [6.07, 6.45) is 0. The molecule has 0 aliphatic carbocycles. The van der Waals surface area contributed by atoms with Crippen molar-refractivity contribution in [2.24, 2.45) is 0 Å². The van der Waals surface area contributed by atoms with Gasteiger partial charge in [-0.3, -0.25) is 0 Å². The first-order valence-corrected chi connectivity index (χ1v) is 10.4. The Morgan fingerprint density at radius 3 is 2.31 bits per heavy atom. The van der Waals surface area contributed by atoms with Gasteiger partial charge in [0.25, 0.3) is 0 Å². The zero-order chi connectivity index (χ0) is 20.6. The SMILES string of the molecule is Cc1ccc(S(=O)(=O)Oc2cccc(-c3cc4cc(C)ccc4oc3=O)c2)cc1. The highest BCUT2D eigenvalue weighted by Gasteiger charge is 2.17. The molecule has 1 aromatic heterocycles. The van der Waals surface area contributed by atoms with Crippen molar-refractivity contribution in [2.75, 3.05) is 0 Å². The Hall–Kier alpha value is -3.38. The van der Waals surface area contributed by atoms with E-state index in [2.05, 4.69) is 0 Å². The summed E-state index contributed by atoms with van der Waals surface area (Å²) in [6.45, 7) is 3.83. The molecule has 3 aromatic carbocycles. The molecule has 4 aromatic rings. The van der Waals surface area contributed by atoms with Crippen LogP contribution in [0.4, 0.5) is 0 Å². The molecule has 0 amide bonds. The number of hydrogen-bond acceptors (Lipinski definition) is 5. The molecule has 0 bridgehead atoms. The molecule has 4 rings (SSSR count). The molecule has 0 saturated carbocycles. The van der Waals surface area contributed by atoms with Crippen molar-refractivity contribution in [2.45, 2.75) is 18.7 Å². The molecule has 0 aliphatic rings. The van der Waals surface area contributed by atoms with Crippen LogP contribution in [0, 0.1) is 13.8 Å². The summed E-state index contributed by atoms with van der Waals surface area (Å²) in [7, 11) is -3.98. The van der Waals surface area contributed by atoms with Crippen molar-refractivity contribution in [1.29, 1.82) is 0 Å². The van der Waals surface area contributed by atoms with E-state index in [0.717, 1.165) is 16.5 Å². The summed E-state index contributed by atoms with van der Waals surface area (Å²) in [5.41, 5.74) is 2.83. The van der Waals surface area contributed by atoms with E-state index in [1.807, 2.05) is 26.0 Å². The molecule has 0 fully saturated rings. The maximum absolute atomic E-state index is 12.5. The Kier molecular flexibility index (Phi) is 4.72. The number of rotatable bonds is 4. The van der Waals surface area contributed by atoms with Gasteiger partial charge in [-0.15, -0.1) is 0 Å². The smallest absolute Gasteiger partial charge is 0.344 e. The first-order valence-electron chi connectivity index (χ1n) is 8.98. The highest BCUT2D eigenvalue weighted by atomic mass is 32.2. The summed E-state index contributed by atoms with van der Waals surface area (Å²) in [5, 5.41) is 0.790. The molecule has 29 heavy (non-hydrogen) atoms. The Bertz CT molecular complexity index is 1370.